The van der Waals surface area contributed by atoms with Gasteiger partial charge in [0.15, 0.2) is 0 Å². The molecule has 1 aliphatic rings. The molecular formula is C18H19F3N2. The Labute approximate surface area is 133 Å². The van der Waals surface area contributed by atoms with Crippen LogP contribution in [0.4, 0.5) is 13.2 Å². The lowest BCUT2D eigenvalue weighted by Crippen LogP contribution is -2.42. The van der Waals surface area contributed by atoms with Crippen molar-refractivity contribution in [3.8, 4) is 11.1 Å². The van der Waals surface area contributed by atoms with E-state index in [1.54, 1.807) is 0 Å². The first-order chi connectivity index (χ1) is 11.0. The monoisotopic (exact) mass is 320 g/mol. The third-order valence-electron chi connectivity index (χ3n) is 4.09. The van der Waals surface area contributed by atoms with Crippen molar-refractivity contribution in [2.24, 2.45) is 0 Å². The smallest absolute Gasteiger partial charge is 0.314 e. The Morgan fingerprint density at radius 1 is 0.913 bits per heavy atom. The summed E-state index contributed by atoms with van der Waals surface area (Å²) in [6.45, 7) is 4.91. The molecule has 0 spiro atoms. The van der Waals surface area contributed by atoms with E-state index in [0.29, 0.717) is 0 Å². The van der Waals surface area contributed by atoms with Crippen LogP contribution in [0.25, 0.3) is 11.1 Å². The first kappa shape index (κ1) is 16.0. The molecular weight excluding hydrogens is 301 g/mol. The molecule has 2 aromatic carbocycles. The van der Waals surface area contributed by atoms with E-state index in [9.17, 15) is 13.2 Å². The van der Waals surface area contributed by atoms with Crippen molar-refractivity contribution in [1.82, 2.24) is 10.2 Å². The van der Waals surface area contributed by atoms with Crippen LogP contribution in [0.2, 0.25) is 0 Å². The highest BCUT2D eigenvalue weighted by Crippen LogP contribution is 2.31. The van der Waals surface area contributed by atoms with Crippen LogP contribution in [0.5, 0.6) is 0 Å². The number of hydrogen-bond donors (Lipinski definition) is 1. The fourth-order valence-electron chi connectivity index (χ4n) is 2.83. The lowest BCUT2D eigenvalue weighted by Gasteiger charge is -2.27. The quantitative estimate of drug-likeness (QED) is 0.926. The Balaban J connectivity index is 1.76. The van der Waals surface area contributed by atoms with Crippen LogP contribution in [-0.4, -0.2) is 31.1 Å². The summed E-state index contributed by atoms with van der Waals surface area (Å²) < 4.78 is 37.9. The first-order valence-corrected chi connectivity index (χ1v) is 7.72. The molecule has 1 fully saturated rings. The molecule has 2 aromatic rings. The Kier molecular flexibility index (Phi) is 4.68. The second-order valence-corrected chi connectivity index (χ2v) is 5.80. The van der Waals surface area contributed by atoms with Gasteiger partial charge in [-0.15, -0.1) is 0 Å². The van der Waals surface area contributed by atoms with Crippen LogP contribution in [-0.2, 0) is 12.7 Å². The molecule has 0 aromatic heterocycles. The van der Waals surface area contributed by atoms with Crippen molar-refractivity contribution in [2.45, 2.75) is 12.7 Å². The van der Waals surface area contributed by atoms with Gasteiger partial charge in [0.2, 0.25) is 0 Å². The van der Waals surface area contributed by atoms with Crippen LogP contribution < -0.4 is 5.32 Å². The number of hydrogen-bond acceptors (Lipinski definition) is 2. The highest BCUT2D eigenvalue weighted by Gasteiger charge is 2.29. The summed E-state index contributed by atoms with van der Waals surface area (Å²) in [6.07, 6.45) is -4.29. The molecule has 0 aliphatic carbocycles. The molecule has 0 radical (unpaired) electrons. The molecule has 122 valence electrons. The summed E-state index contributed by atoms with van der Waals surface area (Å²) in [4.78, 5) is 2.38. The minimum Gasteiger partial charge on any atom is -0.314 e. The lowest BCUT2D eigenvalue weighted by molar-refractivity contribution is -0.137. The topological polar surface area (TPSA) is 15.3 Å². The average molecular weight is 320 g/mol. The van der Waals surface area contributed by atoms with Crippen LogP contribution in [0.3, 0.4) is 0 Å². The van der Waals surface area contributed by atoms with Gasteiger partial charge in [0.25, 0.3) is 0 Å². The minimum absolute atomic E-state index is 0.613. The van der Waals surface area contributed by atoms with E-state index in [1.807, 2.05) is 12.1 Å². The summed E-state index contributed by atoms with van der Waals surface area (Å²) in [6, 6.07) is 13.4. The molecule has 0 bridgehead atoms. The van der Waals surface area contributed by atoms with E-state index in [4.69, 9.17) is 0 Å². The summed E-state index contributed by atoms with van der Waals surface area (Å²) in [5, 5.41) is 3.32. The van der Waals surface area contributed by atoms with Gasteiger partial charge in [-0.25, -0.2) is 0 Å². The van der Waals surface area contributed by atoms with Gasteiger partial charge in [-0.3, -0.25) is 4.90 Å². The van der Waals surface area contributed by atoms with Gasteiger partial charge >= 0.3 is 6.18 Å². The number of piperazine rings is 1. The molecule has 0 unspecified atom stereocenters. The van der Waals surface area contributed by atoms with E-state index < -0.39 is 11.7 Å². The first-order valence-electron chi connectivity index (χ1n) is 7.72. The predicted molar refractivity (Wildman–Crippen MR) is 85.0 cm³/mol. The second kappa shape index (κ2) is 6.72. The standard InChI is InChI=1S/C18H19F3N2/c19-18(20,21)17-6-4-15(5-7-17)16-3-1-2-14(12-16)13-23-10-8-22-9-11-23/h1-7,12,22H,8-11,13H2. The Hall–Kier alpha value is -1.85. The summed E-state index contributed by atoms with van der Waals surface area (Å²) in [5.41, 5.74) is 2.33. The number of nitrogens with zero attached hydrogens (tertiary/aromatic N) is 1. The third kappa shape index (κ3) is 4.12. The zero-order valence-corrected chi connectivity index (χ0v) is 12.7. The summed E-state index contributed by atoms with van der Waals surface area (Å²) in [7, 11) is 0. The van der Waals surface area contributed by atoms with E-state index in [0.717, 1.165) is 56.0 Å². The fourth-order valence-corrected chi connectivity index (χ4v) is 2.83. The number of rotatable bonds is 3. The van der Waals surface area contributed by atoms with E-state index in [1.165, 1.54) is 17.7 Å². The molecule has 5 heteroatoms. The van der Waals surface area contributed by atoms with Crippen molar-refractivity contribution in [3.05, 3.63) is 59.7 Å². The van der Waals surface area contributed by atoms with Crippen LogP contribution in [0.15, 0.2) is 48.5 Å². The van der Waals surface area contributed by atoms with Gasteiger partial charge in [0.1, 0.15) is 0 Å². The van der Waals surface area contributed by atoms with Gasteiger partial charge in [-0.2, -0.15) is 13.2 Å². The number of nitrogens with one attached hydrogen (secondary N) is 1. The molecule has 1 heterocycles. The minimum atomic E-state index is -4.29. The average Bonchev–Trinajstić information content (AvgIpc) is 2.55. The SMILES string of the molecule is FC(F)(F)c1ccc(-c2cccc(CN3CCNCC3)c2)cc1. The molecule has 1 N–H and O–H groups in total. The molecule has 2 nitrogen and oxygen atoms in total. The molecule has 1 aliphatic heterocycles. The van der Waals surface area contributed by atoms with Crippen LogP contribution >= 0.6 is 0 Å². The normalized spacial score (nSPS) is 16.5. The zero-order valence-electron chi connectivity index (χ0n) is 12.7. The number of halogens is 3. The van der Waals surface area contributed by atoms with Gasteiger partial charge in [0.05, 0.1) is 5.56 Å². The highest BCUT2D eigenvalue weighted by molar-refractivity contribution is 5.64. The Morgan fingerprint density at radius 3 is 2.26 bits per heavy atom. The summed E-state index contributed by atoms with van der Waals surface area (Å²) >= 11 is 0. The Morgan fingerprint density at radius 2 is 1.61 bits per heavy atom. The van der Waals surface area contributed by atoms with E-state index >= 15 is 0 Å². The van der Waals surface area contributed by atoms with Gasteiger partial charge in [0, 0.05) is 32.7 Å². The largest absolute Gasteiger partial charge is 0.416 e. The van der Waals surface area contributed by atoms with Crippen molar-refractivity contribution < 1.29 is 13.2 Å². The zero-order chi connectivity index (χ0) is 16.3. The molecule has 0 atom stereocenters. The summed E-state index contributed by atoms with van der Waals surface area (Å²) in [5.74, 6) is 0. The highest BCUT2D eigenvalue weighted by atomic mass is 19.4. The van der Waals surface area contributed by atoms with E-state index in [2.05, 4.69) is 22.3 Å². The second-order valence-electron chi connectivity index (χ2n) is 5.80. The fraction of sp³-hybridized carbons (Fsp3) is 0.333. The number of alkyl halides is 3. The van der Waals surface area contributed by atoms with Gasteiger partial charge in [-0.05, 0) is 34.9 Å². The van der Waals surface area contributed by atoms with Crippen LogP contribution in [0.1, 0.15) is 11.1 Å². The molecule has 0 amide bonds. The molecule has 1 saturated heterocycles. The maximum absolute atomic E-state index is 12.6. The van der Waals surface area contributed by atoms with Crippen molar-refractivity contribution in [2.75, 3.05) is 26.2 Å². The maximum Gasteiger partial charge on any atom is 0.416 e. The predicted octanol–water partition coefficient (Wildman–Crippen LogP) is 3.78. The molecule has 23 heavy (non-hydrogen) atoms. The van der Waals surface area contributed by atoms with Crippen molar-refractivity contribution in [3.63, 3.8) is 0 Å². The number of benzene rings is 2. The van der Waals surface area contributed by atoms with Gasteiger partial charge in [-0.1, -0.05) is 30.3 Å². The van der Waals surface area contributed by atoms with Crippen molar-refractivity contribution >= 4 is 0 Å². The molecule has 0 saturated carbocycles. The van der Waals surface area contributed by atoms with Gasteiger partial charge < -0.3 is 5.32 Å². The lowest BCUT2D eigenvalue weighted by atomic mass is 10.0. The van der Waals surface area contributed by atoms with E-state index in [-0.39, 0.29) is 0 Å². The van der Waals surface area contributed by atoms with Crippen molar-refractivity contribution in [1.29, 1.82) is 0 Å². The maximum atomic E-state index is 12.6. The van der Waals surface area contributed by atoms with Crippen LogP contribution in [0, 0.1) is 0 Å². The Bertz CT molecular complexity index is 644. The third-order valence-corrected chi connectivity index (χ3v) is 4.09. The molecule has 3 rings (SSSR count).